The van der Waals surface area contributed by atoms with Gasteiger partial charge in [-0.05, 0) is 31.0 Å². The molecule has 0 amide bonds. The third kappa shape index (κ3) is 3.31. The average molecular weight is 278 g/mol. The number of hydrogen-bond donors (Lipinski definition) is 1. The second-order valence-electron chi connectivity index (χ2n) is 4.69. The van der Waals surface area contributed by atoms with Crippen LogP contribution in [0.4, 0.5) is 18.9 Å². The second-order valence-corrected chi connectivity index (χ2v) is 5.13. The molecule has 1 saturated carbocycles. The Morgan fingerprint density at radius 3 is 2.56 bits per heavy atom. The Kier molecular flexibility index (Phi) is 4.05. The van der Waals surface area contributed by atoms with Crippen LogP contribution in [-0.2, 0) is 0 Å². The summed E-state index contributed by atoms with van der Waals surface area (Å²) in [5, 5.41) is 3.50. The third-order valence-electron chi connectivity index (χ3n) is 3.36. The van der Waals surface area contributed by atoms with E-state index in [0.29, 0.717) is 23.6 Å². The van der Waals surface area contributed by atoms with Gasteiger partial charge in [-0.2, -0.15) is 13.2 Å². The monoisotopic (exact) mass is 277 g/mol. The van der Waals surface area contributed by atoms with E-state index in [9.17, 15) is 13.2 Å². The zero-order valence-electron chi connectivity index (χ0n) is 9.80. The number of anilines is 1. The first kappa shape index (κ1) is 13.5. The smallest absolute Gasteiger partial charge is 0.382 e. The Balaban J connectivity index is 2.10. The lowest BCUT2D eigenvalue weighted by Gasteiger charge is -2.34. The topological polar surface area (TPSA) is 12.0 Å². The van der Waals surface area contributed by atoms with Gasteiger partial charge in [0, 0.05) is 16.8 Å². The van der Waals surface area contributed by atoms with Gasteiger partial charge in [-0.25, -0.2) is 0 Å². The molecule has 2 rings (SSSR count). The van der Waals surface area contributed by atoms with Gasteiger partial charge in [-0.1, -0.05) is 30.5 Å². The highest BCUT2D eigenvalue weighted by Gasteiger charge is 2.45. The van der Waals surface area contributed by atoms with E-state index in [0.717, 1.165) is 6.42 Å². The van der Waals surface area contributed by atoms with Crippen LogP contribution in [0.2, 0.25) is 5.02 Å². The van der Waals surface area contributed by atoms with E-state index >= 15 is 0 Å². The maximum atomic E-state index is 12.9. The van der Waals surface area contributed by atoms with Gasteiger partial charge >= 0.3 is 6.18 Å². The molecular weight excluding hydrogens is 263 g/mol. The molecule has 1 nitrogen and oxygen atoms in total. The second kappa shape index (κ2) is 5.39. The van der Waals surface area contributed by atoms with Crippen molar-refractivity contribution >= 4 is 17.3 Å². The average Bonchev–Trinajstić information content (AvgIpc) is 2.28. The van der Waals surface area contributed by atoms with Gasteiger partial charge in [-0.3, -0.25) is 0 Å². The number of alkyl halides is 3. The fraction of sp³-hybridized carbons (Fsp3) is 0.538. The minimum atomic E-state index is -4.13. The SMILES string of the molecule is FC(F)(F)C1CCCCC1Nc1cccc(Cl)c1. The van der Waals surface area contributed by atoms with Crippen molar-refractivity contribution in [1.82, 2.24) is 0 Å². The highest BCUT2D eigenvalue weighted by Crippen LogP contribution is 2.39. The molecule has 1 aromatic carbocycles. The van der Waals surface area contributed by atoms with Crippen molar-refractivity contribution in [2.24, 2.45) is 5.92 Å². The zero-order chi connectivity index (χ0) is 13.2. The largest absolute Gasteiger partial charge is 0.393 e. The van der Waals surface area contributed by atoms with Gasteiger partial charge in [-0.15, -0.1) is 0 Å². The molecule has 0 aliphatic heterocycles. The Morgan fingerprint density at radius 1 is 1.17 bits per heavy atom. The fourth-order valence-corrected chi connectivity index (χ4v) is 2.68. The predicted octanol–water partition coefficient (Wildman–Crippen LogP) is 4.87. The van der Waals surface area contributed by atoms with Crippen molar-refractivity contribution in [3.8, 4) is 0 Å². The van der Waals surface area contributed by atoms with Gasteiger partial charge in [0.2, 0.25) is 0 Å². The van der Waals surface area contributed by atoms with Crippen LogP contribution in [0.3, 0.4) is 0 Å². The molecule has 0 spiro atoms. The van der Waals surface area contributed by atoms with Crippen LogP contribution in [0.5, 0.6) is 0 Å². The summed E-state index contributed by atoms with van der Waals surface area (Å²) in [6.45, 7) is 0. The maximum absolute atomic E-state index is 12.9. The Labute approximate surface area is 109 Å². The minimum absolute atomic E-state index is 0.210. The summed E-state index contributed by atoms with van der Waals surface area (Å²) in [5.41, 5.74) is 0.656. The van der Waals surface area contributed by atoms with E-state index in [1.165, 1.54) is 0 Å². The lowest BCUT2D eigenvalue weighted by Crippen LogP contribution is -2.41. The van der Waals surface area contributed by atoms with Gasteiger partial charge in [0.15, 0.2) is 0 Å². The minimum Gasteiger partial charge on any atom is -0.382 e. The molecule has 0 radical (unpaired) electrons. The number of benzene rings is 1. The van der Waals surface area contributed by atoms with Crippen LogP contribution in [0.15, 0.2) is 24.3 Å². The number of halogens is 4. The summed E-state index contributed by atoms with van der Waals surface area (Å²) in [5.74, 6) is -1.26. The lowest BCUT2D eigenvalue weighted by atomic mass is 9.84. The Bertz CT molecular complexity index is 405. The summed E-state index contributed by atoms with van der Waals surface area (Å²) in [6, 6.07) is 6.29. The molecule has 1 fully saturated rings. The van der Waals surface area contributed by atoms with E-state index in [-0.39, 0.29) is 6.42 Å². The van der Waals surface area contributed by atoms with E-state index in [4.69, 9.17) is 11.6 Å². The summed E-state index contributed by atoms with van der Waals surface area (Å²) in [7, 11) is 0. The first-order valence-corrected chi connectivity index (χ1v) is 6.43. The van der Waals surface area contributed by atoms with Crippen LogP contribution in [0.25, 0.3) is 0 Å². The molecule has 1 N–H and O–H groups in total. The molecule has 18 heavy (non-hydrogen) atoms. The normalized spacial score (nSPS) is 24.9. The van der Waals surface area contributed by atoms with Crippen LogP contribution in [0, 0.1) is 5.92 Å². The molecule has 5 heteroatoms. The molecule has 0 saturated heterocycles. The highest BCUT2D eigenvalue weighted by molar-refractivity contribution is 6.30. The molecule has 1 aliphatic rings. The van der Waals surface area contributed by atoms with Gasteiger partial charge in [0.25, 0.3) is 0 Å². The summed E-state index contributed by atoms with van der Waals surface area (Å²) in [6.07, 6.45) is -1.88. The van der Waals surface area contributed by atoms with Crippen LogP contribution < -0.4 is 5.32 Å². The molecule has 0 aromatic heterocycles. The first-order chi connectivity index (χ1) is 8.47. The molecule has 2 unspecified atom stereocenters. The molecule has 0 heterocycles. The fourth-order valence-electron chi connectivity index (χ4n) is 2.49. The first-order valence-electron chi connectivity index (χ1n) is 6.05. The van der Waals surface area contributed by atoms with E-state index in [1.54, 1.807) is 24.3 Å². The van der Waals surface area contributed by atoms with E-state index in [2.05, 4.69) is 5.32 Å². The van der Waals surface area contributed by atoms with Crippen LogP contribution in [-0.4, -0.2) is 12.2 Å². The van der Waals surface area contributed by atoms with Crippen molar-refractivity contribution in [2.45, 2.75) is 37.9 Å². The van der Waals surface area contributed by atoms with Crippen molar-refractivity contribution in [3.63, 3.8) is 0 Å². The molecule has 1 aromatic rings. The molecule has 100 valence electrons. The van der Waals surface area contributed by atoms with Crippen LogP contribution in [0.1, 0.15) is 25.7 Å². The van der Waals surface area contributed by atoms with Crippen molar-refractivity contribution in [2.75, 3.05) is 5.32 Å². The van der Waals surface area contributed by atoms with Crippen molar-refractivity contribution in [1.29, 1.82) is 0 Å². The standard InChI is InChI=1S/C13H15ClF3N/c14-9-4-3-5-10(8-9)18-12-7-2-1-6-11(12)13(15,16)17/h3-5,8,11-12,18H,1-2,6-7H2. The van der Waals surface area contributed by atoms with Gasteiger partial charge in [0.05, 0.1) is 5.92 Å². The summed E-state index contributed by atoms with van der Waals surface area (Å²) >= 11 is 5.83. The molecule has 2 atom stereocenters. The third-order valence-corrected chi connectivity index (χ3v) is 3.60. The highest BCUT2D eigenvalue weighted by atomic mass is 35.5. The summed E-state index contributed by atoms with van der Waals surface area (Å²) < 4.78 is 38.7. The van der Waals surface area contributed by atoms with Crippen molar-refractivity contribution in [3.05, 3.63) is 29.3 Å². The zero-order valence-corrected chi connectivity index (χ0v) is 10.6. The van der Waals surface area contributed by atoms with E-state index in [1.807, 2.05) is 0 Å². The quantitative estimate of drug-likeness (QED) is 0.813. The lowest BCUT2D eigenvalue weighted by molar-refractivity contribution is -0.184. The Morgan fingerprint density at radius 2 is 1.89 bits per heavy atom. The molecule has 1 aliphatic carbocycles. The number of nitrogens with one attached hydrogen (secondary N) is 1. The summed E-state index contributed by atoms with van der Waals surface area (Å²) in [4.78, 5) is 0. The molecule has 0 bridgehead atoms. The van der Waals surface area contributed by atoms with Gasteiger partial charge < -0.3 is 5.32 Å². The Hall–Kier alpha value is -0.900. The number of rotatable bonds is 2. The number of hydrogen-bond acceptors (Lipinski definition) is 1. The van der Waals surface area contributed by atoms with Gasteiger partial charge in [0.1, 0.15) is 0 Å². The van der Waals surface area contributed by atoms with Crippen LogP contribution >= 0.6 is 11.6 Å². The molecular formula is C13H15ClF3N. The van der Waals surface area contributed by atoms with E-state index < -0.39 is 18.1 Å². The van der Waals surface area contributed by atoms with Crippen molar-refractivity contribution < 1.29 is 13.2 Å². The maximum Gasteiger partial charge on any atom is 0.393 e. The predicted molar refractivity (Wildman–Crippen MR) is 66.9 cm³/mol.